The first kappa shape index (κ1) is 15.0. The van der Waals surface area contributed by atoms with Crippen LogP contribution in [0.15, 0.2) is 54.7 Å². The lowest BCUT2D eigenvalue weighted by Crippen LogP contribution is -2.04. The molecule has 0 atom stereocenters. The van der Waals surface area contributed by atoms with E-state index in [0.717, 1.165) is 12.1 Å². The minimum atomic E-state index is -4.42. The van der Waals surface area contributed by atoms with Crippen LogP contribution in [-0.4, -0.2) is 16.1 Å². The van der Waals surface area contributed by atoms with Gasteiger partial charge in [0.2, 0.25) is 0 Å². The summed E-state index contributed by atoms with van der Waals surface area (Å²) in [5.41, 5.74) is 0.793. The number of fused-ring (bicyclic) bond motifs is 1. The average Bonchev–Trinajstić information content (AvgIpc) is 2.53. The summed E-state index contributed by atoms with van der Waals surface area (Å²) >= 11 is 0. The highest BCUT2D eigenvalue weighted by Gasteiger charge is 2.30. The third-order valence-electron chi connectivity index (χ3n) is 3.45. The Morgan fingerprint density at radius 2 is 1.78 bits per heavy atom. The van der Waals surface area contributed by atoms with E-state index in [1.807, 2.05) is 0 Å². The largest absolute Gasteiger partial charge is 0.478 e. The number of benzene rings is 2. The van der Waals surface area contributed by atoms with Gasteiger partial charge in [-0.15, -0.1) is 0 Å². The van der Waals surface area contributed by atoms with Crippen molar-refractivity contribution in [2.45, 2.75) is 6.18 Å². The maximum Gasteiger partial charge on any atom is 0.416 e. The number of carbonyl (C=O) groups is 1. The maximum absolute atomic E-state index is 12.8. The molecule has 0 amide bonds. The molecule has 0 aliphatic heterocycles. The number of aromatic carboxylic acids is 1. The lowest BCUT2D eigenvalue weighted by atomic mass is 10.0. The van der Waals surface area contributed by atoms with E-state index in [9.17, 15) is 18.0 Å². The number of hydrogen-bond donors (Lipinski definition) is 1. The molecule has 1 heterocycles. The second-order valence-corrected chi connectivity index (χ2v) is 5.02. The molecule has 6 heteroatoms. The maximum atomic E-state index is 12.8. The normalized spacial score (nSPS) is 11.6. The van der Waals surface area contributed by atoms with Crippen LogP contribution >= 0.6 is 0 Å². The fraction of sp³-hybridized carbons (Fsp3) is 0.0588. The summed E-state index contributed by atoms with van der Waals surface area (Å²) in [6.07, 6.45) is -2.95. The van der Waals surface area contributed by atoms with E-state index < -0.39 is 17.7 Å². The molecule has 1 aromatic heterocycles. The monoisotopic (exact) mass is 317 g/mol. The Hall–Kier alpha value is -2.89. The molecule has 0 aliphatic rings. The molecule has 0 spiro atoms. The smallest absolute Gasteiger partial charge is 0.416 e. The number of carboxylic acids is 1. The van der Waals surface area contributed by atoms with E-state index in [2.05, 4.69) is 4.98 Å². The van der Waals surface area contributed by atoms with Gasteiger partial charge >= 0.3 is 12.1 Å². The summed E-state index contributed by atoms with van der Waals surface area (Å²) in [5, 5.41) is 9.57. The first-order valence-corrected chi connectivity index (χ1v) is 6.65. The van der Waals surface area contributed by atoms with Crippen LogP contribution < -0.4 is 0 Å². The summed E-state index contributed by atoms with van der Waals surface area (Å²) in [6.45, 7) is 0. The Morgan fingerprint density at radius 3 is 2.48 bits per heavy atom. The van der Waals surface area contributed by atoms with Gasteiger partial charge in [0.25, 0.3) is 0 Å². The highest BCUT2D eigenvalue weighted by molar-refractivity contribution is 5.94. The number of halogens is 3. The second kappa shape index (κ2) is 5.39. The van der Waals surface area contributed by atoms with Crippen LogP contribution in [0.3, 0.4) is 0 Å². The minimum absolute atomic E-state index is 0.0977. The molecular formula is C17H10F3NO2. The van der Waals surface area contributed by atoms with Gasteiger partial charge in [0.15, 0.2) is 0 Å². The van der Waals surface area contributed by atoms with Crippen LogP contribution in [0.5, 0.6) is 0 Å². The fourth-order valence-corrected chi connectivity index (χ4v) is 2.30. The first-order valence-electron chi connectivity index (χ1n) is 6.65. The number of aromatic nitrogens is 1. The molecule has 23 heavy (non-hydrogen) atoms. The van der Waals surface area contributed by atoms with Crippen molar-refractivity contribution in [3.63, 3.8) is 0 Å². The van der Waals surface area contributed by atoms with Crippen molar-refractivity contribution >= 4 is 16.9 Å². The zero-order valence-corrected chi connectivity index (χ0v) is 11.6. The minimum Gasteiger partial charge on any atom is -0.478 e. The Morgan fingerprint density at radius 1 is 1.00 bits per heavy atom. The van der Waals surface area contributed by atoms with E-state index in [0.29, 0.717) is 22.0 Å². The zero-order valence-electron chi connectivity index (χ0n) is 11.6. The first-order chi connectivity index (χ1) is 10.8. The average molecular weight is 317 g/mol. The SMILES string of the molecule is O=C(O)c1ccc2ncc(-c3cccc(C(F)(F)F)c3)cc2c1. The van der Waals surface area contributed by atoms with Gasteiger partial charge in [-0.05, 0) is 42.0 Å². The summed E-state index contributed by atoms with van der Waals surface area (Å²) in [6, 6.07) is 11.0. The Kier molecular flexibility index (Phi) is 3.52. The van der Waals surface area contributed by atoms with Gasteiger partial charge in [0.05, 0.1) is 16.6 Å². The molecule has 3 nitrogen and oxygen atoms in total. The third kappa shape index (κ3) is 3.01. The Labute approximate surface area is 129 Å². The van der Waals surface area contributed by atoms with Crippen molar-refractivity contribution in [3.05, 3.63) is 65.9 Å². The molecule has 2 aromatic carbocycles. The van der Waals surface area contributed by atoms with Crippen LogP contribution in [0.2, 0.25) is 0 Å². The van der Waals surface area contributed by atoms with Crippen LogP contribution in [0.25, 0.3) is 22.0 Å². The van der Waals surface area contributed by atoms with Crippen molar-refractivity contribution in [2.24, 2.45) is 0 Å². The van der Waals surface area contributed by atoms with Crippen LogP contribution in [0.1, 0.15) is 15.9 Å². The molecule has 0 fully saturated rings. The third-order valence-corrected chi connectivity index (χ3v) is 3.45. The van der Waals surface area contributed by atoms with Gasteiger partial charge < -0.3 is 5.11 Å². The number of hydrogen-bond acceptors (Lipinski definition) is 2. The van der Waals surface area contributed by atoms with Crippen molar-refractivity contribution < 1.29 is 23.1 Å². The van der Waals surface area contributed by atoms with Gasteiger partial charge in [-0.3, -0.25) is 4.98 Å². The quantitative estimate of drug-likeness (QED) is 0.750. The topological polar surface area (TPSA) is 50.2 Å². The number of pyridine rings is 1. The van der Waals surface area contributed by atoms with Gasteiger partial charge in [0.1, 0.15) is 0 Å². The van der Waals surface area contributed by atoms with Crippen molar-refractivity contribution in [1.82, 2.24) is 4.98 Å². The van der Waals surface area contributed by atoms with Crippen LogP contribution in [0.4, 0.5) is 13.2 Å². The fourth-order valence-electron chi connectivity index (χ4n) is 2.30. The molecule has 0 saturated carbocycles. The molecule has 3 rings (SSSR count). The van der Waals surface area contributed by atoms with Crippen molar-refractivity contribution in [1.29, 1.82) is 0 Å². The summed E-state index contributed by atoms with van der Waals surface area (Å²) in [4.78, 5) is 15.2. The van der Waals surface area contributed by atoms with Crippen molar-refractivity contribution in [3.8, 4) is 11.1 Å². The second-order valence-electron chi connectivity index (χ2n) is 5.02. The number of rotatable bonds is 2. The summed E-state index contributed by atoms with van der Waals surface area (Å²) in [5.74, 6) is -1.07. The molecule has 116 valence electrons. The predicted molar refractivity (Wildman–Crippen MR) is 79.1 cm³/mol. The highest BCUT2D eigenvalue weighted by Crippen LogP contribution is 2.32. The van der Waals surface area contributed by atoms with Gasteiger partial charge in [0, 0.05) is 17.1 Å². The summed E-state index contributed by atoms with van der Waals surface area (Å²) in [7, 11) is 0. The van der Waals surface area contributed by atoms with E-state index in [4.69, 9.17) is 5.11 Å². The zero-order chi connectivity index (χ0) is 16.6. The Balaban J connectivity index is 2.11. The number of alkyl halides is 3. The Bertz CT molecular complexity index is 904. The van der Waals surface area contributed by atoms with Crippen LogP contribution in [-0.2, 0) is 6.18 Å². The lowest BCUT2D eigenvalue weighted by Gasteiger charge is -2.09. The molecule has 0 bridgehead atoms. The van der Waals surface area contributed by atoms with Crippen LogP contribution in [0, 0.1) is 0 Å². The summed E-state index contributed by atoms with van der Waals surface area (Å²) < 4.78 is 38.4. The standard InChI is InChI=1S/C17H10F3NO2/c18-17(19,20)14-3-1-2-10(8-14)13-7-12-6-11(16(22)23)4-5-15(12)21-9-13/h1-9H,(H,22,23). The number of carboxylic acid groups (broad SMARTS) is 1. The molecule has 0 aliphatic carbocycles. The van der Waals surface area contributed by atoms with Gasteiger partial charge in [-0.1, -0.05) is 12.1 Å². The molecular weight excluding hydrogens is 307 g/mol. The van der Waals surface area contributed by atoms with Gasteiger partial charge in [-0.2, -0.15) is 13.2 Å². The van der Waals surface area contributed by atoms with E-state index in [1.54, 1.807) is 18.2 Å². The van der Waals surface area contributed by atoms with Gasteiger partial charge in [-0.25, -0.2) is 4.79 Å². The molecule has 1 N–H and O–H groups in total. The molecule has 0 radical (unpaired) electrons. The molecule has 0 unspecified atom stereocenters. The predicted octanol–water partition coefficient (Wildman–Crippen LogP) is 4.62. The number of nitrogens with zero attached hydrogens (tertiary/aromatic N) is 1. The molecule has 3 aromatic rings. The van der Waals surface area contributed by atoms with E-state index in [-0.39, 0.29) is 5.56 Å². The van der Waals surface area contributed by atoms with E-state index >= 15 is 0 Å². The lowest BCUT2D eigenvalue weighted by molar-refractivity contribution is -0.137. The molecule has 0 saturated heterocycles. The highest BCUT2D eigenvalue weighted by atomic mass is 19.4. The van der Waals surface area contributed by atoms with E-state index in [1.165, 1.54) is 24.4 Å². The van der Waals surface area contributed by atoms with Crippen molar-refractivity contribution in [2.75, 3.05) is 0 Å².